The van der Waals surface area contributed by atoms with E-state index in [1.54, 1.807) is 12.1 Å². The SMILES string of the molecule is Cc1cc(C)cc(OCC(=O)N/N=C\c2ccc(Br)cc2F)c1. The predicted molar refractivity (Wildman–Crippen MR) is 91.2 cm³/mol. The van der Waals surface area contributed by atoms with Crippen LogP contribution in [0.5, 0.6) is 5.75 Å². The third-order valence-corrected chi connectivity index (χ3v) is 3.41. The van der Waals surface area contributed by atoms with Crippen LogP contribution in [-0.4, -0.2) is 18.7 Å². The fourth-order valence-electron chi connectivity index (χ4n) is 1.98. The summed E-state index contributed by atoms with van der Waals surface area (Å²) < 4.78 is 19.6. The van der Waals surface area contributed by atoms with Gasteiger partial charge in [-0.3, -0.25) is 4.79 Å². The number of aryl methyl sites for hydroxylation is 2. The quantitative estimate of drug-likeness (QED) is 0.636. The van der Waals surface area contributed by atoms with E-state index in [-0.39, 0.29) is 12.2 Å². The second-order valence-electron chi connectivity index (χ2n) is 5.07. The molecule has 0 aliphatic heterocycles. The lowest BCUT2D eigenvalue weighted by Gasteiger charge is -2.07. The molecule has 0 aliphatic carbocycles. The van der Waals surface area contributed by atoms with Crippen molar-refractivity contribution < 1.29 is 13.9 Å². The van der Waals surface area contributed by atoms with E-state index >= 15 is 0 Å². The summed E-state index contributed by atoms with van der Waals surface area (Å²) >= 11 is 3.17. The van der Waals surface area contributed by atoms with Gasteiger partial charge in [0.1, 0.15) is 11.6 Å². The Hall–Kier alpha value is -2.21. The van der Waals surface area contributed by atoms with Crippen LogP contribution in [-0.2, 0) is 4.79 Å². The molecule has 0 saturated carbocycles. The van der Waals surface area contributed by atoms with Crippen molar-refractivity contribution in [2.24, 2.45) is 5.10 Å². The van der Waals surface area contributed by atoms with Crippen LogP contribution in [0.3, 0.4) is 0 Å². The molecule has 0 bridgehead atoms. The molecule has 2 rings (SSSR count). The lowest BCUT2D eigenvalue weighted by molar-refractivity contribution is -0.123. The third kappa shape index (κ3) is 5.49. The number of amides is 1. The highest BCUT2D eigenvalue weighted by Gasteiger charge is 2.03. The van der Waals surface area contributed by atoms with Crippen molar-refractivity contribution in [2.45, 2.75) is 13.8 Å². The van der Waals surface area contributed by atoms with E-state index in [1.165, 1.54) is 12.3 Å². The van der Waals surface area contributed by atoms with E-state index < -0.39 is 11.7 Å². The van der Waals surface area contributed by atoms with Gasteiger partial charge in [-0.05, 0) is 55.3 Å². The van der Waals surface area contributed by atoms with Crippen molar-refractivity contribution in [3.63, 3.8) is 0 Å². The Labute approximate surface area is 142 Å². The lowest BCUT2D eigenvalue weighted by atomic mass is 10.1. The second kappa shape index (κ2) is 7.87. The molecule has 0 fully saturated rings. The van der Waals surface area contributed by atoms with Crippen molar-refractivity contribution in [3.8, 4) is 5.75 Å². The summed E-state index contributed by atoms with van der Waals surface area (Å²) in [5, 5.41) is 3.72. The fourth-order valence-corrected chi connectivity index (χ4v) is 2.31. The zero-order valence-electron chi connectivity index (χ0n) is 12.8. The van der Waals surface area contributed by atoms with E-state index in [0.717, 1.165) is 11.1 Å². The first-order valence-electron chi connectivity index (χ1n) is 6.92. The molecular weight excluding hydrogens is 363 g/mol. The molecule has 1 amide bonds. The number of rotatable bonds is 5. The molecule has 120 valence electrons. The number of carbonyl (C=O) groups excluding carboxylic acids is 1. The highest BCUT2D eigenvalue weighted by molar-refractivity contribution is 9.10. The maximum absolute atomic E-state index is 13.6. The Bertz CT molecular complexity index is 727. The molecule has 0 spiro atoms. The fraction of sp³-hybridized carbons (Fsp3) is 0.176. The van der Waals surface area contributed by atoms with Crippen LogP contribution in [0.4, 0.5) is 4.39 Å². The topological polar surface area (TPSA) is 50.7 Å². The Morgan fingerprint density at radius 1 is 1.26 bits per heavy atom. The third-order valence-electron chi connectivity index (χ3n) is 2.92. The van der Waals surface area contributed by atoms with E-state index in [0.29, 0.717) is 10.2 Å². The predicted octanol–water partition coefficient (Wildman–Crippen LogP) is 3.73. The highest BCUT2D eigenvalue weighted by atomic mass is 79.9. The molecule has 4 nitrogen and oxygen atoms in total. The monoisotopic (exact) mass is 378 g/mol. The van der Waals surface area contributed by atoms with Gasteiger partial charge in [-0.15, -0.1) is 0 Å². The van der Waals surface area contributed by atoms with Gasteiger partial charge in [0.25, 0.3) is 5.91 Å². The van der Waals surface area contributed by atoms with Gasteiger partial charge in [0, 0.05) is 10.0 Å². The summed E-state index contributed by atoms with van der Waals surface area (Å²) in [7, 11) is 0. The Kier molecular flexibility index (Phi) is 5.87. The van der Waals surface area contributed by atoms with E-state index in [4.69, 9.17) is 4.74 Å². The maximum atomic E-state index is 13.6. The van der Waals surface area contributed by atoms with Gasteiger partial charge in [0.15, 0.2) is 6.61 Å². The van der Waals surface area contributed by atoms with Crippen LogP contribution < -0.4 is 10.2 Å². The Morgan fingerprint density at radius 2 is 1.96 bits per heavy atom. The van der Waals surface area contributed by atoms with Crippen molar-refractivity contribution in [2.75, 3.05) is 6.61 Å². The summed E-state index contributed by atoms with van der Waals surface area (Å²) in [5.41, 5.74) is 4.70. The molecule has 0 saturated heterocycles. The minimum atomic E-state index is -0.427. The van der Waals surface area contributed by atoms with Gasteiger partial charge < -0.3 is 4.74 Å². The summed E-state index contributed by atoms with van der Waals surface area (Å²) in [6.45, 7) is 3.75. The van der Waals surface area contributed by atoms with E-state index in [9.17, 15) is 9.18 Å². The first-order chi connectivity index (χ1) is 10.9. The van der Waals surface area contributed by atoms with Crippen LogP contribution in [0.15, 0.2) is 46.0 Å². The van der Waals surface area contributed by atoms with Crippen LogP contribution >= 0.6 is 15.9 Å². The number of hydrazone groups is 1. The highest BCUT2D eigenvalue weighted by Crippen LogP contribution is 2.16. The molecule has 1 N–H and O–H groups in total. The molecule has 23 heavy (non-hydrogen) atoms. The summed E-state index contributed by atoms with van der Waals surface area (Å²) in [4.78, 5) is 11.7. The minimum Gasteiger partial charge on any atom is -0.484 e. The first-order valence-corrected chi connectivity index (χ1v) is 7.71. The molecule has 2 aromatic carbocycles. The number of carbonyl (C=O) groups is 1. The summed E-state index contributed by atoms with van der Waals surface area (Å²) in [5.74, 6) is -0.220. The number of hydrogen-bond acceptors (Lipinski definition) is 3. The number of nitrogens with zero attached hydrogens (tertiary/aromatic N) is 1. The number of benzene rings is 2. The van der Waals surface area contributed by atoms with Gasteiger partial charge in [0.05, 0.1) is 6.21 Å². The van der Waals surface area contributed by atoms with Crippen LogP contribution in [0, 0.1) is 19.7 Å². The average Bonchev–Trinajstić information content (AvgIpc) is 2.46. The van der Waals surface area contributed by atoms with Gasteiger partial charge in [0.2, 0.25) is 0 Å². The Balaban J connectivity index is 1.86. The number of ether oxygens (including phenoxy) is 1. The molecule has 0 aromatic heterocycles. The smallest absolute Gasteiger partial charge is 0.277 e. The molecule has 0 unspecified atom stereocenters. The largest absolute Gasteiger partial charge is 0.484 e. The molecule has 6 heteroatoms. The summed E-state index contributed by atoms with van der Waals surface area (Å²) in [6.07, 6.45) is 1.25. The first kappa shape index (κ1) is 17.1. The summed E-state index contributed by atoms with van der Waals surface area (Å²) in [6, 6.07) is 10.3. The van der Waals surface area contributed by atoms with Crippen molar-refractivity contribution in [1.82, 2.24) is 5.43 Å². The Morgan fingerprint density at radius 3 is 2.61 bits per heavy atom. The van der Waals surface area contributed by atoms with Gasteiger partial charge >= 0.3 is 0 Å². The molecular formula is C17H16BrFN2O2. The van der Waals surface area contributed by atoms with Crippen molar-refractivity contribution in [1.29, 1.82) is 0 Å². The average molecular weight is 379 g/mol. The van der Waals surface area contributed by atoms with Crippen LogP contribution in [0.25, 0.3) is 0 Å². The van der Waals surface area contributed by atoms with Crippen molar-refractivity contribution >= 4 is 28.1 Å². The van der Waals surface area contributed by atoms with E-state index in [2.05, 4.69) is 26.5 Å². The second-order valence-corrected chi connectivity index (χ2v) is 5.99. The van der Waals surface area contributed by atoms with Crippen LogP contribution in [0.2, 0.25) is 0 Å². The van der Waals surface area contributed by atoms with Gasteiger partial charge in [-0.2, -0.15) is 5.10 Å². The lowest BCUT2D eigenvalue weighted by Crippen LogP contribution is -2.24. The molecule has 0 atom stereocenters. The van der Waals surface area contributed by atoms with Crippen molar-refractivity contribution in [3.05, 3.63) is 63.4 Å². The number of nitrogens with one attached hydrogen (secondary N) is 1. The van der Waals surface area contributed by atoms with Crippen LogP contribution in [0.1, 0.15) is 16.7 Å². The number of hydrogen-bond donors (Lipinski definition) is 1. The molecule has 0 heterocycles. The molecule has 2 aromatic rings. The maximum Gasteiger partial charge on any atom is 0.277 e. The standard InChI is InChI=1S/C17H16BrFN2O2/c1-11-5-12(2)7-15(6-11)23-10-17(22)21-20-9-13-3-4-14(18)8-16(13)19/h3-9H,10H2,1-2H3,(H,21,22)/b20-9-. The van der Waals surface area contributed by atoms with E-state index in [1.807, 2.05) is 32.0 Å². The minimum absolute atomic E-state index is 0.164. The van der Waals surface area contributed by atoms with Gasteiger partial charge in [-0.25, -0.2) is 9.82 Å². The zero-order valence-corrected chi connectivity index (χ0v) is 14.4. The molecule has 0 radical (unpaired) electrons. The zero-order chi connectivity index (χ0) is 16.8. The normalized spacial score (nSPS) is 10.8. The molecule has 0 aliphatic rings. The van der Waals surface area contributed by atoms with Gasteiger partial charge in [-0.1, -0.05) is 22.0 Å². The number of halogens is 2.